The summed E-state index contributed by atoms with van der Waals surface area (Å²) in [5.74, 6) is -0.720. The van der Waals surface area contributed by atoms with E-state index in [9.17, 15) is 9.90 Å². The van der Waals surface area contributed by atoms with Crippen LogP contribution in [0, 0.1) is 13.8 Å². The van der Waals surface area contributed by atoms with E-state index in [2.05, 4.69) is 49.1 Å². The number of aryl methyl sites for hydroxylation is 3. The molecule has 0 fully saturated rings. The first kappa shape index (κ1) is 20.3. The summed E-state index contributed by atoms with van der Waals surface area (Å²) in [7, 11) is 0. The molecule has 2 atom stereocenters. The summed E-state index contributed by atoms with van der Waals surface area (Å²) in [4.78, 5) is 15.7. The van der Waals surface area contributed by atoms with Crippen LogP contribution in [0.1, 0.15) is 34.2 Å². The predicted octanol–water partition coefficient (Wildman–Crippen LogP) is 2.61. The third-order valence-corrected chi connectivity index (χ3v) is 4.57. The second-order valence-corrected chi connectivity index (χ2v) is 6.66. The molecule has 26 heavy (non-hydrogen) atoms. The summed E-state index contributed by atoms with van der Waals surface area (Å²) in [6.45, 7) is 3.46. The highest BCUT2D eigenvalue weighted by Crippen LogP contribution is 2.18. The number of benzene rings is 2. The molecule has 0 saturated heterocycles. The van der Waals surface area contributed by atoms with E-state index in [0.717, 1.165) is 12.0 Å². The van der Waals surface area contributed by atoms with E-state index in [1.165, 1.54) is 22.3 Å². The number of carbonyl (C=O) groups excluding carboxylic acids is 1. The Morgan fingerprint density at radius 2 is 1.73 bits per heavy atom. The van der Waals surface area contributed by atoms with Gasteiger partial charge >= 0.3 is 0 Å². The van der Waals surface area contributed by atoms with Crippen LogP contribution < -0.4 is 0 Å². The molecule has 0 aromatic heterocycles. The number of ketones is 1. The second kappa shape index (κ2) is 9.59. The van der Waals surface area contributed by atoms with Crippen LogP contribution in [0.25, 0.3) is 0 Å². The Kier molecular flexibility index (Phi) is 7.48. The molecular weight excluding hydrogens is 332 g/mol. The van der Waals surface area contributed by atoms with Gasteiger partial charge in [-0.1, -0.05) is 48.0 Å². The Morgan fingerprint density at radius 1 is 1.08 bits per heavy atom. The van der Waals surface area contributed by atoms with Gasteiger partial charge in [-0.3, -0.25) is 10.1 Å². The average molecular weight is 358 g/mol. The van der Waals surface area contributed by atoms with E-state index >= 15 is 0 Å². The summed E-state index contributed by atoms with van der Waals surface area (Å²) < 4.78 is 0. The molecule has 140 valence electrons. The fourth-order valence-corrected chi connectivity index (χ4v) is 2.83. The second-order valence-electron chi connectivity index (χ2n) is 6.66. The molecule has 0 aliphatic rings. The normalized spacial score (nSPS) is 13.4. The fraction of sp³-hybridized carbons (Fsp3) is 0.381. The zero-order valence-electron chi connectivity index (χ0n) is 15.2. The summed E-state index contributed by atoms with van der Waals surface area (Å²) >= 11 is 0. The van der Waals surface area contributed by atoms with Gasteiger partial charge in [-0.25, -0.2) is 4.89 Å². The van der Waals surface area contributed by atoms with E-state index < -0.39 is 24.6 Å². The first-order valence-electron chi connectivity index (χ1n) is 8.71. The molecule has 0 aliphatic heterocycles. The predicted molar refractivity (Wildman–Crippen MR) is 99.1 cm³/mol. The number of rotatable bonds is 9. The van der Waals surface area contributed by atoms with Crippen molar-refractivity contribution < 1.29 is 25.2 Å². The average Bonchev–Trinajstić information content (AvgIpc) is 2.64. The van der Waals surface area contributed by atoms with Gasteiger partial charge in [-0.05, 0) is 55.4 Å². The van der Waals surface area contributed by atoms with E-state index in [4.69, 9.17) is 10.4 Å². The van der Waals surface area contributed by atoms with Crippen molar-refractivity contribution >= 4 is 5.78 Å². The van der Waals surface area contributed by atoms with Crippen LogP contribution in [0.4, 0.5) is 0 Å². The lowest BCUT2D eigenvalue weighted by molar-refractivity contribution is -0.278. The van der Waals surface area contributed by atoms with Crippen molar-refractivity contribution in [3.63, 3.8) is 0 Å². The van der Waals surface area contributed by atoms with Gasteiger partial charge in [-0.2, -0.15) is 0 Å². The summed E-state index contributed by atoms with van der Waals surface area (Å²) in [6.07, 6.45) is -1.16. The monoisotopic (exact) mass is 358 g/mol. The molecule has 0 radical (unpaired) electrons. The lowest BCUT2D eigenvalue weighted by Gasteiger charge is -2.15. The van der Waals surface area contributed by atoms with Crippen LogP contribution in [0.5, 0.6) is 0 Å². The van der Waals surface area contributed by atoms with Gasteiger partial charge in [0.1, 0.15) is 6.10 Å². The maximum absolute atomic E-state index is 11.8. The molecule has 0 amide bonds. The highest BCUT2D eigenvalue weighted by Gasteiger charge is 2.25. The molecule has 5 nitrogen and oxygen atoms in total. The van der Waals surface area contributed by atoms with Crippen LogP contribution in [0.15, 0.2) is 42.5 Å². The molecule has 0 saturated carbocycles. The first-order chi connectivity index (χ1) is 12.4. The highest BCUT2D eigenvalue weighted by molar-refractivity contribution is 5.87. The van der Waals surface area contributed by atoms with Crippen molar-refractivity contribution in [3.8, 4) is 0 Å². The van der Waals surface area contributed by atoms with E-state index in [0.29, 0.717) is 6.42 Å². The van der Waals surface area contributed by atoms with Crippen LogP contribution in [-0.2, 0) is 22.5 Å². The van der Waals surface area contributed by atoms with Gasteiger partial charge in [0.25, 0.3) is 0 Å². The van der Waals surface area contributed by atoms with Crippen molar-refractivity contribution in [1.82, 2.24) is 0 Å². The molecule has 0 aliphatic carbocycles. The quantitative estimate of drug-likeness (QED) is 0.474. The van der Waals surface area contributed by atoms with Gasteiger partial charge in [0.15, 0.2) is 11.9 Å². The minimum atomic E-state index is -1.40. The van der Waals surface area contributed by atoms with Gasteiger partial charge in [0, 0.05) is 0 Å². The van der Waals surface area contributed by atoms with Gasteiger partial charge < -0.3 is 10.2 Å². The minimum absolute atomic E-state index is 0.200. The molecule has 0 bridgehead atoms. The first-order valence-corrected chi connectivity index (χ1v) is 8.71. The fourth-order valence-electron chi connectivity index (χ4n) is 2.83. The Bertz CT molecular complexity index is 720. The zero-order chi connectivity index (χ0) is 19.1. The standard InChI is InChI=1S/C21H26O5/c1-14-3-6-16(7-4-14)11-18-12-17(8-5-15(18)2)9-10-19(23)21(24)20(13-22)26-25/h3-8,12,19-20,22-23,25H,9-11,13H2,1-2H3. The Balaban J connectivity index is 2.02. The van der Waals surface area contributed by atoms with Crippen LogP contribution in [0.3, 0.4) is 0 Å². The van der Waals surface area contributed by atoms with Crippen LogP contribution >= 0.6 is 0 Å². The smallest absolute Gasteiger partial charge is 0.195 e. The van der Waals surface area contributed by atoms with Crippen molar-refractivity contribution in [3.05, 3.63) is 70.3 Å². The zero-order valence-corrected chi connectivity index (χ0v) is 15.2. The number of Topliss-reactive ketones (excluding diaryl/α,β-unsaturated/α-hetero) is 1. The summed E-state index contributed by atoms with van der Waals surface area (Å²) in [5, 5.41) is 27.4. The third-order valence-electron chi connectivity index (χ3n) is 4.57. The number of aliphatic hydroxyl groups excluding tert-OH is 2. The molecule has 2 unspecified atom stereocenters. The van der Waals surface area contributed by atoms with E-state index in [-0.39, 0.29) is 6.42 Å². The number of carbonyl (C=O) groups is 1. The van der Waals surface area contributed by atoms with Crippen molar-refractivity contribution in [2.24, 2.45) is 0 Å². The molecule has 5 heteroatoms. The number of aliphatic hydroxyl groups is 2. The van der Waals surface area contributed by atoms with Gasteiger partial charge in [-0.15, -0.1) is 0 Å². The van der Waals surface area contributed by atoms with Crippen molar-refractivity contribution in [2.45, 2.75) is 45.3 Å². The molecule has 2 aromatic carbocycles. The summed E-state index contributed by atoms with van der Waals surface area (Å²) in [6, 6.07) is 14.5. The van der Waals surface area contributed by atoms with Gasteiger partial charge in [0.05, 0.1) is 6.61 Å². The molecule has 0 spiro atoms. The number of hydrogen-bond donors (Lipinski definition) is 3. The lowest BCUT2D eigenvalue weighted by Crippen LogP contribution is -2.36. The number of hydrogen-bond acceptors (Lipinski definition) is 5. The third kappa shape index (κ3) is 5.47. The maximum Gasteiger partial charge on any atom is 0.195 e. The van der Waals surface area contributed by atoms with Crippen molar-refractivity contribution in [1.29, 1.82) is 0 Å². The molecule has 3 N–H and O–H groups in total. The molecule has 2 aromatic rings. The lowest BCUT2D eigenvalue weighted by atomic mass is 9.95. The largest absolute Gasteiger partial charge is 0.393 e. The Labute approximate surface area is 153 Å². The SMILES string of the molecule is Cc1ccc(Cc2cc(CCC(O)C(=O)C(CO)OO)ccc2C)cc1. The molecule has 2 rings (SSSR count). The molecule has 0 heterocycles. The van der Waals surface area contributed by atoms with Crippen LogP contribution in [-0.4, -0.2) is 40.1 Å². The Hall–Kier alpha value is -2.05. The summed E-state index contributed by atoms with van der Waals surface area (Å²) in [5.41, 5.74) is 5.89. The maximum atomic E-state index is 11.8. The van der Waals surface area contributed by atoms with Crippen LogP contribution in [0.2, 0.25) is 0 Å². The topological polar surface area (TPSA) is 87.0 Å². The van der Waals surface area contributed by atoms with Crippen molar-refractivity contribution in [2.75, 3.05) is 6.61 Å². The molecular formula is C21H26O5. The highest BCUT2D eigenvalue weighted by atomic mass is 17.1. The minimum Gasteiger partial charge on any atom is -0.393 e. The van der Waals surface area contributed by atoms with Gasteiger partial charge in [0.2, 0.25) is 0 Å². The van der Waals surface area contributed by atoms with E-state index in [1.54, 1.807) is 0 Å². The Morgan fingerprint density at radius 3 is 2.35 bits per heavy atom. The van der Waals surface area contributed by atoms with E-state index in [1.807, 2.05) is 12.1 Å².